The van der Waals surface area contributed by atoms with Crippen LogP contribution in [0.1, 0.15) is 12.0 Å². The Hall–Kier alpha value is -1.04. The number of carbonyl (C=O) groups excluding carboxylic acids is 1. The number of halogens is 3. The predicted molar refractivity (Wildman–Crippen MR) is 70.5 cm³/mol. The number of rotatable bonds is 4. The van der Waals surface area contributed by atoms with Gasteiger partial charge in [0.1, 0.15) is 0 Å². The largest absolute Gasteiger partial charge is 0.439 e. The van der Waals surface area contributed by atoms with Crippen molar-refractivity contribution in [3.8, 4) is 0 Å². The highest BCUT2D eigenvalue weighted by Crippen LogP contribution is 2.61. The molecule has 1 aliphatic rings. The molecule has 0 aliphatic heterocycles. The summed E-state index contributed by atoms with van der Waals surface area (Å²) < 4.78 is 3.72. The van der Waals surface area contributed by atoms with Gasteiger partial charge in [0.15, 0.2) is 4.33 Å². The first-order valence-electron chi connectivity index (χ1n) is 5.25. The normalized spacial score (nSPS) is 23.7. The number of hydrogen-bond acceptors (Lipinski definition) is 4. The molecule has 1 aromatic carbocycles. The Kier molecular flexibility index (Phi) is 3.64. The van der Waals surface area contributed by atoms with Gasteiger partial charge in [-0.25, -0.2) is 0 Å². The molecule has 1 unspecified atom stereocenters. The van der Waals surface area contributed by atoms with E-state index in [0.717, 1.165) is 0 Å². The van der Waals surface area contributed by atoms with E-state index in [0.29, 0.717) is 5.56 Å². The Morgan fingerprint density at radius 3 is 2.26 bits per heavy atom. The quantitative estimate of drug-likeness (QED) is 0.369. The predicted octanol–water partition coefficient (Wildman–Crippen LogP) is 3.19. The zero-order chi connectivity index (χ0) is 14.3. The number of non-ortho nitro benzene ring substituents is 1. The molecule has 1 aliphatic carbocycles. The minimum absolute atomic E-state index is 0.0475. The molecule has 5 nitrogen and oxygen atoms in total. The highest BCUT2D eigenvalue weighted by molar-refractivity contribution is 6.57. The van der Waals surface area contributed by atoms with Crippen LogP contribution in [0.15, 0.2) is 24.3 Å². The van der Waals surface area contributed by atoms with E-state index in [9.17, 15) is 14.9 Å². The summed E-state index contributed by atoms with van der Waals surface area (Å²) in [6.45, 7) is 0. The van der Waals surface area contributed by atoms with Crippen LogP contribution >= 0.6 is 34.8 Å². The number of ether oxygens (including phenoxy) is 1. The summed E-state index contributed by atoms with van der Waals surface area (Å²) >= 11 is 17.3. The average molecular weight is 325 g/mol. The monoisotopic (exact) mass is 323 g/mol. The van der Waals surface area contributed by atoms with Crippen LogP contribution in [0.5, 0.6) is 0 Å². The van der Waals surface area contributed by atoms with E-state index in [4.69, 9.17) is 39.5 Å². The Morgan fingerprint density at radius 1 is 1.32 bits per heavy atom. The molecule has 0 spiro atoms. The number of hydrogen-bond donors (Lipinski definition) is 0. The van der Waals surface area contributed by atoms with Gasteiger partial charge in [-0.2, -0.15) is 0 Å². The number of benzene rings is 1. The fourth-order valence-electron chi connectivity index (χ4n) is 1.47. The lowest BCUT2D eigenvalue weighted by Crippen LogP contribution is -2.20. The minimum Gasteiger partial charge on any atom is -0.439 e. The third kappa shape index (κ3) is 3.11. The Balaban J connectivity index is 1.94. The van der Waals surface area contributed by atoms with Gasteiger partial charge in [-0.3, -0.25) is 14.9 Å². The average Bonchev–Trinajstić information content (AvgIpc) is 2.76. The standard InChI is InChI=1S/C11H8Cl3NO4/c12-10(13)6-11(10,14)19-9(16)5-7-1-3-8(4-2-7)15(17)18/h1-4H,5-6H2. The van der Waals surface area contributed by atoms with E-state index < -0.39 is 20.3 Å². The molecule has 2 rings (SSSR count). The van der Waals surface area contributed by atoms with Crippen LogP contribution in [0.2, 0.25) is 0 Å². The van der Waals surface area contributed by atoms with Crippen molar-refractivity contribution in [3.05, 3.63) is 39.9 Å². The zero-order valence-electron chi connectivity index (χ0n) is 9.44. The maximum absolute atomic E-state index is 11.6. The molecule has 1 fully saturated rings. The molecule has 1 aromatic rings. The van der Waals surface area contributed by atoms with Crippen LogP contribution in [-0.4, -0.2) is 20.3 Å². The van der Waals surface area contributed by atoms with Crippen molar-refractivity contribution in [1.82, 2.24) is 0 Å². The smallest absolute Gasteiger partial charge is 0.312 e. The first-order chi connectivity index (χ1) is 8.73. The van der Waals surface area contributed by atoms with Crippen LogP contribution in [0, 0.1) is 10.1 Å². The van der Waals surface area contributed by atoms with E-state index in [2.05, 4.69) is 0 Å². The number of nitrogens with zero attached hydrogens (tertiary/aromatic N) is 1. The van der Waals surface area contributed by atoms with Crippen molar-refractivity contribution in [2.45, 2.75) is 22.2 Å². The van der Waals surface area contributed by atoms with Crippen molar-refractivity contribution >= 4 is 46.5 Å². The maximum atomic E-state index is 11.6. The molecule has 1 atom stereocenters. The van der Waals surface area contributed by atoms with E-state index in [1.165, 1.54) is 24.3 Å². The van der Waals surface area contributed by atoms with E-state index in [-0.39, 0.29) is 18.5 Å². The van der Waals surface area contributed by atoms with Gasteiger partial charge in [-0.15, -0.1) is 0 Å². The number of nitro groups is 1. The van der Waals surface area contributed by atoms with Gasteiger partial charge in [0.25, 0.3) is 5.69 Å². The molecule has 0 N–H and O–H groups in total. The lowest BCUT2D eigenvalue weighted by atomic mass is 10.1. The van der Waals surface area contributed by atoms with Gasteiger partial charge in [0.05, 0.1) is 11.3 Å². The van der Waals surface area contributed by atoms with Crippen molar-refractivity contribution in [2.75, 3.05) is 0 Å². The fraction of sp³-hybridized carbons (Fsp3) is 0.364. The lowest BCUT2D eigenvalue weighted by Gasteiger charge is -2.11. The molecule has 0 aromatic heterocycles. The molecule has 8 heteroatoms. The third-order valence-corrected chi connectivity index (χ3v) is 4.25. The van der Waals surface area contributed by atoms with Crippen molar-refractivity contribution in [1.29, 1.82) is 0 Å². The topological polar surface area (TPSA) is 69.4 Å². The molecule has 19 heavy (non-hydrogen) atoms. The van der Waals surface area contributed by atoms with Crippen molar-refractivity contribution in [3.63, 3.8) is 0 Å². The van der Waals surface area contributed by atoms with Gasteiger partial charge >= 0.3 is 5.97 Å². The molecular formula is C11H8Cl3NO4. The van der Waals surface area contributed by atoms with Gasteiger partial charge in [-0.05, 0) is 5.56 Å². The van der Waals surface area contributed by atoms with Crippen molar-refractivity contribution in [2.24, 2.45) is 0 Å². The molecule has 102 valence electrons. The minimum atomic E-state index is -1.37. The van der Waals surface area contributed by atoms with Crippen LogP contribution in [-0.2, 0) is 16.0 Å². The van der Waals surface area contributed by atoms with Crippen LogP contribution in [0.3, 0.4) is 0 Å². The molecule has 0 heterocycles. The van der Waals surface area contributed by atoms with Gasteiger partial charge in [-0.1, -0.05) is 46.9 Å². The second-order valence-electron chi connectivity index (χ2n) is 4.18. The Bertz CT molecular complexity index is 531. The number of nitro benzene ring substituents is 1. The molecular weight excluding hydrogens is 316 g/mol. The lowest BCUT2D eigenvalue weighted by molar-refractivity contribution is -0.384. The summed E-state index contributed by atoms with van der Waals surface area (Å²) in [5.74, 6) is -0.591. The van der Waals surface area contributed by atoms with Crippen LogP contribution in [0.4, 0.5) is 5.69 Å². The maximum Gasteiger partial charge on any atom is 0.312 e. The molecule has 0 bridgehead atoms. The second-order valence-corrected chi connectivity index (χ2v) is 6.28. The molecule has 1 saturated carbocycles. The molecule has 0 radical (unpaired) electrons. The Labute approximate surface area is 123 Å². The summed E-state index contributed by atoms with van der Waals surface area (Å²) in [5, 5.41) is 9.10. The van der Waals surface area contributed by atoms with Crippen LogP contribution < -0.4 is 0 Å². The molecule has 0 saturated heterocycles. The Morgan fingerprint density at radius 2 is 1.84 bits per heavy atom. The summed E-state index contributed by atoms with van der Waals surface area (Å²) in [6, 6.07) is 5.57. The zero-order valence-corrected chi connectivity index (χ0v) is 11.7. The summed E-state index contributed by atoms with van der Waals surface area (Å²) in [5.41, 5.74) is 0.528. The van der Waals surface area contributed by atoms with Crippen molar-refractivity contribution < 1.29 is 14.5 Å². The summed E-state index contributed by atoms with van der Waals surface area (Å²) in [6.07, 6.45) is 0.104. The van der Waals surface area contributed by atoms with Crippen LogP contribution in [0.25, 0.3) is 0 Å². The fourth-order valence-corrected chi connectivity index (χ4v) is 2.35. The number of carbonyl (C=O) groups is 1. The highest BCUT2D eigenvalue weighted by atomic mass is 35.5. The first-order valence-corrected chi connectivity index (χ1v) is 6.39. The van der Waals surface area contributed by atoms with E-state index in [1.807, 2.05) is 0 Å². The summed E-state index contributed by atoms with van der Waals surface area (Å²) in [4.78, 5) is 21.6. The third-order valence-electron chi connectivity index (χ3n) is 2.64. The van der Waals surface area contributed by atoms with Gasteiger partial charge in [0, 0.05) is 18.6 Å². The molecule has 0 amide bonds. The number of alkyl halides is 3. The van der Waals surface area contributed by atoms with E-state index >= 15 is 0 Å². The first kappa shape index (κ1) is 14.4. The highest BCUT2D eigenvalue weighted by Gasteiger charge is 2.69. The van der Waals surface area contributed by atoms with Gasteiger partial charge < -0.3 is 4.74 Å². The van der Waals surface area contributed by atoms with Gasteiger partial charge in [0.2, 0.25) is 5.06 Å². The second kappa shape index (κ2) is 4.81. The SMILES string of the molecule is O=C(Cc1ccc([N+](=O)[O-])cc1)OC1(Cl)CC1(Cl)Cl. The van der Waals surface area contributed by atoms with E-state index in [1.54, 1.807) is 0 Å². The summed E-state index contributed by atoms with van der Waals surface area (Å²) in [7, 11) is 0. The number of esters is 1.